The third-order valence-corrected chi connectivity index (χ3v) is 3.40. The van der Waals surface area contributed by atoms with Crippen LogP contribution in [0.5, 0.6) is 0 Å². The first-order valence-electron chi connectivity index (χ1n) is 5.35. The molecule has 0 aromatic heterocycles. The Balaban J connectivity index is 2.30. The Kier molecular flexibility index (Phi) is 6.30. The fraction of sp³-hybridized carbons (Fsp3) is 0.500. The van der Waals surface area contributed by atoms with E-state index in [-0.39, 0.29) is 0 Å². The van der Waals surface area contributed by atoms with Crippen LogP contribution in [0.1, 0.15) is 18.1 Å². The third-order valence-electron chi connectivity index (χ3n) is 2.27. The second-order valence-corrected chi connectivity index (χ2v) is 4.72. The van der Waals surface area contributed by atoms with Crippen LogP contribution in [0.15, 0.2) is 24.3 Å². The average molecular weight is 241 g/mol. The van der Waals surface area contributed by atoms with Gasteiger partial charge in [0.1, 0.15) is 0 Å². The number of aliphatic hydroxyl groups is 1. The molecule has 1 rings (SSSR count). The molecule has 0 aliphatic heterocycles. The van der Waals surface area contributed by atoms with Crippen molar-refractivity contribution in [2.45, 2.75) is 12.5 Å². The number of thioether (sulfide) groups is 1. The molecule has 0 heterocycles. The van der Waals surface area contributed by atoms with Crippen molar-refractivity contribution in [2.24, 2.45) is 0 Å². The largest absolute Gasteiger partial charge is 0.398 e. The second-order valence-electron chi connectivity index (χ2n) is 3.57. The van der Waals surface area contributed by atoms with Crippen LogP contribution < -0.4 is 5.73 Å². The van der Waals surface area contributed by atoms with E-state index in [1.54, 1.807) is 18.9 Å². The van der Waals surface area contributed by atoms with Crippen molar-refractivity contribution in [3.63, 3.8) is 0 Å². The molecule has 0 saturated heterocycles. The fourth-order valence-corrected chi connectivity index (χ4v) is 2.30. The van der Waals surface area contributed by atoms with Gasteiger partial charge in [0.25, 0.3) is 0 Å². The molecule has 0 aliphatic rings. The number of nitrogen functional groups attached to an aromatic ring is 1. The first-order chi connectivity index (χ1) is 7.75. The van der Waals surface area contributed by atoms with Gasteiger partial charge in [0.05, 0.1) is 6.10 Å². The summed E-state index contributed by atoms with van der Waals surface area (Å²) in [7, 11) is 1.70. The molecule has 0 aliphatic carbocycles. The fourth-order valence-electron chi connectivity index (χ4n) is 1.40. The number of aliphatic hydroxyl groups excluding tert-OH is 1. The van der Waals surface area contributed by atoms with Crippen molar-refractivity contribution in [3.8, 4) is 0 Å². The Labute approximate surface area is 101 Å². The molecule has 0 saturated carbocycles. The Morgan fingerprint density at radius 2 is 2.19 bits per heavy atom. The molecule has 4 heteroatoms. The summed E-state index contributed by atoms with van der Waals surface area (Å²) in [5.41, 5.74) is 7.26. The summed E-state index contributed by atoms with van der Waals surface area (Å²) in [6, 6.07) is 7.45. The van der Waals surface area contributed by atoms with E-state index in [9.17, 15) is 5.11 Å². The van der Waals surface area contributed by atoms with Crippen LogP contribution in [0.3, 0.4) is 0 Å². The van der Waals surface area contributed by atoms with E-state index >= 15 is 0 Å². The summed E-state index contributed by atoms with van der Waals surface area (Å²) in [5, 5.41) is 9.93. The first-order valence-corrected chi connectivity index (χ1v) is 6.50. The van der Waals surface area contributed by atoms with Crippen LogP contribution in [0, 0.1) is 0 Å². The maximum atomic E-state index is 9.93. The summed E-state index contributed by atoms with van der Waals surface area (Å²) in [6.45, 7) is 0.774. The van der Waals surface area contributed by atoms with Crippen LogP contribution >= 0.6 is 11.8 Å². The van der Waals surface area contributed by atoms with Crippen LogP contribution in [0.4, 0.5) is 5.69 Å². The van der Waals surface area contributed by atoms with Gasteiger partial charge in [0.15, 0.2) is 0 Å². The average Bonchev–Trinajstić information content (AvgIpc) is 2.29. The number of hydrogen-bond donors (Lipinski definition) is 2. The molecule has 0 bridgehead atoms. The normalized spacial score (nSPS) is 12.6. The van der Waals surface area contributed by atoms with E-state index < -0.39 is 6.10 Å². The lowest BCUT2D eigenvalue weighted by molar-refractivity contribution is 0.199. The van der Waals surface area contributed by atoms with Gasteiger partial charge in [-0.25, -0.2) is 0 Å². The summed E-state index contributed by atoms with van der Waals surface area (Å²) in [4.78, 5) is 0. The number of ether oxygens (including phenoxy) is 1. The van der Waals surface area contributed by atoms with E-state index in [1.165, 1.54) is 0 Å². The topological polar surface area (TPSA) is 55.5 Å². The highest BCUT2D eigenvalue weighted by Gasteiger charge is 2.09. The molecular weight excluding hydrogens is 222 g/mol. The van der Waals surface area contributed by atoms with Crippen molar-refractivity contribution in [1.29, 1.82) is 0 Å². The van der Waals surface area contributed by atoms with E-state index in [2.05, 4.69) is 0 Å². The molecule has 16 heavy (non-hydrogen) atoms. The standard InChI is InChI=1S/C12H19NO2S/c1-15-7-4-8-16-9-12(14)10-5-2-3-6-11(10)13/h2-3,5-6,12,14H,4,7-9,13H2,1H3. The molecule has 3 nitrogen and oxygen atoms in total. The van der Waals surface area contributed by atoms with Crippen LogP contribution in [0.25, 0.3) is 0 Å². The van der Waals surface area contributed by atoms with E-state index in [0.717, 1.165) is 24.3 Å². The molecule has 90 valence electrons. The molecule has 0 amide bonds. The van der Waals surface area contributed by atoms with Gasteiger partial charge < -0.3 is 15.6 Å². The van der Waals surface area contributed by atoms with Gasteiger partial charge in [-0.05, 0) is 18.2 Å². The van der Waals surface area contributed by atoms with Crippen LogP contribution in [-0.2, 0) is 4.74 Å². The van der Waals surface area contributed by atoms with Crippen molar-refractivity contribution in [2.75, 3.05) is 31.0 Å². The monoisotopic (exact) mass is 241 g/mol. The summed E-state index contributed by atoms with van der Waals surface area (Å²) in [6.07, 6.45) is 0.534. The lowest BCUT2D eigenvalue weighted by atomic mass is 10.1. The van der Waals surface area contributed by atoms with E-state index in [1.807, 2.05) is 24.3 Å². The molecule has 0 radical (unpaired) electrons. The SMILES string of the molecule is COCCCSCC(O)c1ccccc1N. The highest BCUT2D eigenvalue weighted by atomic mass is 32.2. The zero-order valence-corrected chi connectivity index (χ0v) is 10.4. The van der Waals surface area contributed by atoms with Crippen LogP contribution in [0.2, 0.25) is 0 Å². The predicted octanol–water partition coefficient (Wildman–Crippen LogP) is 2.07. The number of rotatable bonds is 7. The summed E-state index contributed by atoms with van der Waals surface area (Å²) < 4.78 is 4.96. The molecule has 1 unspecified atom stereocenters. The maximum absolute atomic E-state index is 9.93. The van der Waals surface area contributed by atoms with E-state index in [4.69, 9.17) is 10.5 Å². The Morgan fingerprint density at radius 1 is 1.44 bits per heavy atom. The van der Waals surface area contributed by atoms with Gasteiger partial charge in [0.2, 0.25) is 0 Å². The first kappa shape index (κ1) is 13.4. The van der Waals surface area contributed by atoms with Crippen molar-refractivity contribution in [1.82, 2.24) is 0 Å². The van der Waals surface area contributed by atoms with Gasteiger partial charge in [-0.1, -0.05) is 18.2 Å². The highest BCUT2D eigenvalue weighted by molar-refractivity contribution is 7.99. The maximum Gasteiger partial charge on any atom is 0.0900 e. The molecule has 3 N–H and O–H groups in total. The Morgan fingerprint density at radius 3 is 2.88 bits per heavy atom. The summed E-state index contributed by atoms with van der Waals surface area (Å²) in [5.74, 6) is 1.68. The van der Waals surface area contributed by atoms with Crippen molar-refractivity contribution >= 4 is 17.4 Å². The van der Waals surface area contributed by atoms with Gasteiger partial charge in [0, 0.05) is 30.7 Å². The number of para-hydroxylation sites is 1. The molecule has 1 aromatic carbocycles. The zero-order chi connectivity index (χ0) is 11.8. The Bertz CT molecular complexity index is 307. The van der Waals surface area contributed by atoms with Gasteiger partial charge in [-0.2, -0.15) is 11.8 Å². The van der Waals surface area contributed by atoms with E-state index in [0.29, 0.717) is 11.4 Å². The third kappa shape index (κ3) is 4.43. The van der Waals surface area contributed by atoms with Crippen LogP contribution in [-0.4, -0.2) is 30.3 Å². The number of nitrogens with two attached hydrogens (primary N) is 1. The lowest BCUT2D eigenvalue weighted by Crippen LogP contribution is -2.05. The number of hydrogen-bond acceptors (Lipinski definition) is 4. The highest BCUT2D eigenvalue weighted by Crippen LogP contribution is 2.23. The number of methoxy groups -OCH3 is 1. The molecule has 0 fully saturated rings. The molecule has 1 aromatic rings. The molecule has 1 atom stereocenters. The smallest absolute Gasteiger partial charge is 0.0900 e. The number of anilines is 1. The van der Waals surface area contributed by atoms with Crippen molar-refractivity contribution < 1.29 is 9.84 Å². The van der Waals surface area contributed by atoms with Gasteiger partial charge in [-0.15, -0.1) is 0 Å². The molecular formula is C12H19NO2S. The van der Waals surface area contributed by atoms with Gasteiger partial charge in [-0.3, -0.25) is 0 Å². The summed E-state index contributed by atoms with van der Waals surface area (Å²) >= 11 is 1.72. The minimum Gasteiger partial charge on any atom is -0.398 e. The van der Waals surface area contributed by atoms with Crippen molar-refractivity contribution in [3.05, 3.63) is 29.8 Å². The minimum absolute atomic E-state index is 0.478. The van der Waals surface area contributed by atoms with Gasteiger partial charge >= 0.3 is 0 Å². The zero-order valence-electron chi connectivity index (χ0n) is 9.56. The second kappa shape index (κ2) is 7.54. The predicted molar refractivity (Wildman–Crippen MR) is 69.6 cm³/mol. The minimum atomic E-state index is -0.478. The lowest BCUT2D eigenvalue weighted by Gasteiger charge is -2.12. The number of benzene rings is 1. The quantitative estimate of drug-likeness (QED) is 0.567. The Hall–Kier alpha value is -0.710. The molecule has 0 spiro atoms.